The summed E-state index contributed by atoms with van der Waals surface area (Å²) in [5.74, 6) is 9.24. The van der Waals surface area contributed by atoms with Crippen LogP contribution in [-0.2, 0) is 19.1 Å². The molecule has 0 radical (unpaired) electrons. The molecule has 0 atom stereocenters. The fraction of sp³-hybridized carbons (Fsp3) is 0.727. The van der Waals surface area contributed by atoms with Gasteiger partial charge in [0.2, 0.25) is 0 Å². The van der Waals surface area contributed by atoms with Crippen LogP contribution in [0.15, 0.2) is 71.7 Å². The molecule has 0 heterocycles. The number of methoxy groups -OCH3 is 2. The fourth-order valence-electron chi connectivity index (χ4n) is 14.4. The highest BCUT2D eigenvalue weighted by molar-refractivity contribution is 9.10. The SMILES string of the molecule is C=CC1CCC(C2CCC(CCCCC)CC2)CC1.CCCCCC1CCC(C2CCC(C=Cc3ccc(C4CCC(C(=O)OC)CC4)cc3)CC2)CC1.COC(=O)C1CCC(c2ccc(Br)cc2)CC1. The number of halogens is 1. The summed E-state index contributed by atoms with van der Waals surface area (Å²) in [4.78, 5) is 23.2. The second kappa shape index (κ2) is 31.9. The normalized spacial score (nSPS) is 31.2. The van der Waals surface area contributed by atoms with Crippen molar-refractivity contribution in [3.8, 4) is 0 Å². The van der Waals surface area contributed by atoms with Crippen molar-refractivity contribution < 1.29 is 19.1 Å². The minimum absolute atomic E-state index is 0.0249. The van der Waals surface area contributed by atoms with Crippen LogP contribution in [0.25, 0.3) is 6.08 Å². The third-order valence-electron chi connectivity index (χ3n) is 19.3. The lowest BCUT2D eigenvalue weighted by Crippen LogP contribution is -2.25. The molecule has 0 spiro atoms. The molecule has 8 rings (SSSR count). The number of benzene rings is 2. The Balaban J connectivity index is 0.000000193. The van der Waals surface area contributed by atoms with Gasteiger partial charge < -0.3 is 9.47 Å². The van der Waals surface area contributed by atoms with Gasteiger partial charge >= 0.3 is 11.9 Å². The van der Waals surface area contributed by atoms with Gasteiger partial charge in [0.05, 0.1) is 26.1 Å². The predicted octanol–water partition coefficient (Wildman–Crippen LogP) is 19.6. The van der Waals surface area contributed by atoms with Crippen LogP contribution in [-0.4, -0.2) is 26.2 Å². The summed E-state index contributed by atoms with van der Waals surface area (Å²) in [7, 11) is 2.98. The minimum Gasteiger partial charge on any atom is -0.469 e. The topological polar surface area (TPSA) is 52.6 Å². The highest BCUT2D eigenvalue weighted by atomic mass is 79.9. The first-order valence-electron chi connectivity index (χ1n) is 30.0. The zero-order valence-corrected chi connectivity index (χ0v) is 47.2. The molecule has 6 aliphatic carbocycles. The summed E-state index contributed by atoms with van der Waals surface area (Å²) in [6, 6.07) is 17.7. The first-order valence-corrected chi connectivity index (χ1v) is 30.8. The first kappa shape index (κ1) is 57.6. The van der Waals surface area contributed by atoms with Crippen LogP contribution in [0.3, 0.4) is 0 Å². The summed E-state index contributed by atoms with van der Waals surface area (Å²) in [6.07, 6.45) is 50.5. The molecule has 0 amide bonds. The molecule has 6 fully saturated rings. The Bertz CT molecular complexity index is 1790. The summed E-state index contributed by atoms with van der Waals surface area (Å²) in [6.45, 7) is 8.60. The Morgan fingerprint density at radius 3 is 1.23 bits per heavy atom. The molecule has 2 aromatic rings. The molecule has 0 saturated heterocycles. The van der Waals surface area contributed by atoms with Gasteiger partial charge in [-0.1, -0.05) is 161 Å². The van der Waals surface area contributed by atoms with Crippen molar-refractivity contribution in [2.24, 2.45) is 59.2 Å². The summed E-state index contributed by atoms with van der Waals surface area (Å²) in [5.41, 5.74) is 4.16. The molecular formula is C66H101BrO4. The maximum Gasteiger partial charge on any atom is 0.308 e. The Morgan fingerprint density at radius 1 is 0.493 bits per heavy atom. The Labute approximate surface area is 443 Å². The summed E-state index contributed by atoms with van der Waals surface area (Å²) >= 11 is 3.45. The van der Waals surface area contributed by atoms with Gasteiger partial charge in [-0.2, -0.15) is 0 Å². The highest BCUT2D eigenvalue weighted by Gasteiger charge is 2.33. The molecule has 396 valence electrons. The van der Waals surface area contributed by atoms with E-state index >= 15 is 0 Å². The van der Waals surface area contributed by atoms with Gasteiger partial charge in [-0.05, 0) is 216 Å². The van der Waals surface area contributed by atoms with Gasteiger partial charge in [0, 0.05) is 4.47 Å². The lowest BCUT2D eigenvalue weighted by Gasteiger charge is -2.37. The summed E-state index contributed by atoms with van der Waals surface area (Å²) < 4.78 is 10.8. The Hall–Kier alpha value is -2.66. The number of ether oxygens (including phenoxy) is 2. The van der Waals surface area contributed by atoms with Crippen molar-refractivity contribution >= 4 is 33.9 Å². The van der Waals surface area contributed by atoms with Crippen molar-refractivity contribution in [1.29, 1.82) is 0 Å². The van der Waals surface area contributed by atoms with Gasteiger partial charge in [-0.15, -0.1) is 6.58 Å². The number of unbranched alkanes of at least 4 members (excludes halogenated alkanes) is 4. The van der Waals surface area contributed by atoms with Gasteiger partial charge in [0.1, 0.15) is 0 Å². The third kappa shape index (κ3) is 19.2. The second-order valence-electron chi connectivity index (χ2n) is 23.9. The van der Waals surface area contributed by atoms with E-state index in [1.807, 2.05) is 0 Å². The first-order chi connectivity index (χ1) is 34.7. The lowest BCUT2D eigenvalue weighted by molar-refractivity contribution is -0.147. The predicted molar refractivity (Wildman–Crippen MR) is 303 cm³/mol. The van der Waals surface area contributed by atoms with E-state index in [4.69, 9.17) is 9.47 Å². The summed E-state index contributed by atoms with van der Waals surface area (Å²) in [5, 5.41) is 0. The smallest absolute Gasteiger partial charge is 0.308 e. The number of allylic oxidation sites excluding steroid dienone is 2. The molecule has 4 nitrogen and oxygen atoms in total. The van der Waals surface area contributed by atoms with Gasteiger partial charge in [0.15, 0.2) is 0 Å². The average Bonchev–Trinajstić information content (AvgIpc) is 3.43. The third-order valence-corrected chi connectivity index (χ3v) is 19.9. The number of hydrogen-bond donors (Lipinski definition) is 0. The maximum atomic E-state index is 11.8. The van der Waals surface area contributed by atoms with Crippen LogP contribution in [0.4, 0.5) is 0 Å². The van der Waals surface area contributed by atoms with E-state index in [0.717, 1.165) is 103 Å². The van der Waals surface area contributed by atoms with E-state index in [9.17, 15) is 9.59 Å². The molecule has 2 aromatic carbocycles. The van der Waals surface area contributed by atoms with E-state index in [0.29, 0.717) is 11.8 Å². The van der Waals surface area contributed by atoms with Crippen LogP contribution >= 0.6 is 15.9 Å². The molecule has 0 unspecified atom stereocenters. The largest absolute Gasteiger partial charge is 0.469 e. The molecule has 71 heavy (non-hydrogen) atoms. The van der Waals surface area contributed by atoms with Crippen molar-refractivity contribution in [3.05, 3.63) is 88.4 Å². The molecule has 0 aliphatic heterocycles. The minimum atomic E-state index is -0.0424. The number of esters is 2. The second-order valence-corrected chi connectivity index (χ2v) is 24.8. The molecule has 5 heteroatoms. The molecule has 0 aromatic heterocycles. The van der Waals surface area contributed by atoms with Crippen molar-refractivity contribution in [2.45, 2.75) is 231 Å². The van der Waals surface area contributed by atoms with E-state index in [1.54, 1.807) is 12.8 Å². The van der Waals surface area contributed by atoms with E-state index in [2.05, 4.69) is 103 Å². The van der Waals surface area contributed by atoms with E-state index in [-0.39, 0.29) is 23.8 Å². The van der Waals surface area contributed by atoms with Crippen molar-refractivity contribution in [3.63, 3.8) is 0 Å². The number of carbonyl (C=O) groups excluding carboxylic acids is 2. The number of rotatable bonds is 17. The zero-order valence-electron chi connectivity index (χ0n) is 45.6. The van der Waals surface area contributed by atoms with Crippen LogP contribution in [0.2, 0.25) is 0 Å². The van der Waals surface area contributed by atoms with Gasteiger partial charge in [0.25, 0.3) is 0 Å². The van der Waals surface area contributed by atoms with E-state index < -0.39 is 0 Å². The maximum absolute atomic E-state index is 11.8. The molecule has 0 bridgehead atoms. The van der Waals surface area contributed by atoms with Crippen LogP contribution in [0, 0.1) is 59.2 Å². The number of hydrogen-bond acceptors (Lipinski definition) is 4. The molecular weight excluding hydrogens is 937 g/mol. The van der Waals surface area contributed by atoms with Gasteiger partial charge in [-0.25, -0.2) is 0 Å². The Morgan fingerprint density at radius 2 is 0.859 bits per heavy atom. The fourth-order valence-corrected chi connectivity index (χ4v) is 14.7. The van der Waals surface area contributed by atoms with Crippen molar-refractivity contribution in [1.82, 2.24) is 0 Å². The Kier molecular flexibility index (Phi) is 25.9. The lowest BCUT2D eigenvalue weighted by atomic mass is 9.68. The van der Waals surface area contributed by atoms with Crippen LogP contribution in [0.1, 0.15) is 248 Å². The highest BCUT2D eigenvalue weighted by Crippen LogP contribution is 2.45. The van der Waals surface area contributed by atoms with Crippen molar-refractivity contribution in [2.75, 3.05) is 14.2 Å². The van der Waals surface area contributed by atoms with E-state index in [1.165, 1.54) is 172 Å². The molecule has 0 N–H and O–H groups in total. The standard InChI is InChI=1S/C33H50O2.C19H34.C14H17BrO2/c1-3-4-5-6-25-9-15-28(16-10-25)29-17-11-26(12-18-29)7-8-27-13-19-30(20-14-27)31-21-23-32(24-22-31)33(34)35-2;1-3-5-6-7-17-10-14-19(15-11-17)18-12-8-16(4-2)9-13-18;1-17-14(16)12-4-2-10(3-5-12)11-6-8-13(15)9-7-11/h7-8,13-14,19-20,25-26,28-29,31-32H,3-6,9-12,15-18,21-24H2,1-2H3;4,16-19H,2-3,5-15H2,1H3;6-10,12H,2-5H2,1H3. The molecule has 6 aliphatic rings. The zero-order chi connectivity index (χ0) is 50.2. The molecule has 6 saturated carbocycles. The van der Waals surface area contributed by atoms with Crippen LogP contribution < -0.4 is 0 Å². The number of carbonyl (C=O) groups is 2. The quantitative estimate of drug-likeness (QED) is 0.0900. The van der Waals surface area contributed by atoms with Gasteiger partial charge in [-0.3, -0.25) is 9.59 Å². The monoisotopic (exact) mass is 1040 g/mol. The average molecular weight is 1040 g/mol. The van der Waals surface area contributed by atoms with Crippen LogP contribution in [0.5, 0.6) is 0 Å².